The maximum absolute atomic E-state index is 14.0. The third-order valence-electron chi connectivity index (χ3n) is 4.44. The Hall–Kier alpha value is -1.56. The van der Waals surface area contributed by atoms with Crippen LogP contribution in [0.3, 0.4) is 0 Å². The van der Waals surface area contributed by atoms with Crippen molar-refractivity contribution in [2.45, 2.75) is 23.0 Å². The Balaban J connectivity index is 0.00000243. The van der Waals surface area contributed by atoms with E-state index < -0.39 is 5.25 Å². The zero-order valence-corrected chi connectivity index (χ0v) is 16.1. The van der Waals surface area contributed by atoms with Gasteiger partial charge in [0, 0.05) is 11.4 Å². The zero-order chi connectivity index (χ0) is 17.5. The Morgan fingerprint density at radius 1 is 1.19 bits per heavy atom. The second-order valence-electron chi connectivity index (χ2n) is 6.28. The molecular formula is C20H24ClFN2OS. The van der Waals surface area contributed by atoms with Crippen molar-refractivity contribution in [1.82, 2.24) is 10.6 Å². The fraction of sp³-hybridized carbons (Fsp3) is 0.350. The van der Waals surface area contributed by atoms with Gasteiger partial charge in [0.25, 0.3) is 0 Å². The average Bonchev–Trinajstić information content (AvgIpc) is 3.15. The predicted molar refractivity (Wildman–Crippen MR) is 107 cm³/mol. The first kappa shape index (κ1) is 20.7. The molecule has 0 aromatic heterocycles. The molecule has 0 spiro atoms. The molecule has 0 bridgehead atoms. The Kier molecular flexibility index (Phi) is 8.42. The Morgan fingerprint density at radius 2 is 1.92 bits per heavy atom. The van der Waals surface area contributed by atoms with Crippen molar-refractivity contribution in [3.63, 3.8) is 0 Å². The van der Waals surface area contributed by atoms with Crippen LogP contribution in [0.2, 0.25) is 0 Å². The lowest BCUT2D eigenvalue weighted by Gasteiger charge is -2.18. The molecule has 1 aliphatic heterocycles. The summed E-state index contributed by atoms with van der Waals surface area (Å²) in [6, 6.07) is 16.1. The summed E-state index contributed by atoms with van der Waals surface area (Å²) in [6.45, 7) is 2.75. The summed E-state index contributed by atoms with van der Waals surface area (Å²) in [5.74, 6) is 0.276. The monoisotopic (exact) mass is 394 g/mol. The molecule has 1 aliphatic rings. The van der Waals surface area contributed by atoms with E-state index in [9.17, 15) is 9.18 Å². The van der Waals surface area contributed by atoms with Gasteiger partial charge in [0.15, 0.2) is 0 Å². The molecule has 2 aromatic carbocycles. The molecule has 1 heterocycles. The van der Waals surface area contributed by atoms with Gasteiger partial charge >= 0.3 is 0 Å². The first-order valence-electron chi connectivity index (χ1n) is 8.68. The van der Waals surface area contributed by atoms with Gasteiger partial charge in [0.2, 0.25) is 5.91 Å². The van der Waals surface area contributed by atoms with Crippen LogP contribution in [0.5, 0.6) is 0 Å². The molecule has 6 heteroatoms. The molecule has 2 atom stereocenters. The van der Waals surface area contributed by atoms with E-state index in [4.69, 9.17) is 0 Å². The Bertz CT molecular complexity index is 695. The number of amides is 1. The van der Waals surface area contributed by atoms with E-state index in [1.54, 1.807) is 18.2 Å². The van der Waals surface area contributed by atoms with Crippen LogP contribution in [0, 0.1) is 11.7 Å². The maximum atomic E-state index is 14.0. The second kappa shape index (κ2) is 10.6. The highest BCUT2D eigenvalue weighted by atomic mass is 35.5. The number of hydrogen-bond acceptors (Lipinski definition) is 3. The molecule has 2 aromatic rings. The second-order valence-corrected chi connectivity index (χ2v) is 7.42. The van der Waals surface area contributed by atoms with Crippen LogP contribution in [-0.2, 0) is 4.79 Å². The molecule has 26 heavy (non-hydrogen) atoms. The topological polar surface area (TPSA) is 41.1 Å². The number of nitrogens with one attached hydrogen (secondary N) is 2. The highest BCUT2D eigenvalue weighted by molar-refractivity contribution is 8.00. The highest BCUT2D eigenvalue weighted by Gasteiger charge is 2.23. The normalized spacial score (nSPS) is 17.3. The van der Waals surface area contributed by atoms with E-state index in [1.165, 1.54) is 24.2 Å². The summed E-state index contributed by atoms with van der Waals surface area (Å²) >= 11 is 1.26. The Labute approximate surface area is 164 Å². The van der Waals surface area contributed by atoms with Crippen molar-refractivity contribution < 1.29 is 9.18 Å². The van der Waals surface area contributed by atoms with Gasteiger partial charge in [0.05, 0.1) is 0 Å². The van der Waals surface area contributed by atoms with Crippen LogP contribution in [0.25, 0.3) is 0 Å². The largest absolute Gasteiger partial charge is 0.355 e. The number of halogens is 2. The summed E-state index contributed by atoms with van der Waals surface area (Å²) in [5.41, 5.74) is 0.885. The third-order valence-corrected chi connectivity index (χ3v) is 5.74. The Morgan fingerprint density at radius 3 is 2.62 bits per heavy atom. The molecule has 0 aliphatic carbocycles. The van der Waals surface area contributed by atoms with Crippen molar-refractivity contribution in [2.24, 2.45) is 5.92 Å². The molecule has 0 radical (unpaired) electrons. The number of hydrogen-bond donors (Lipinski definition) is 2. The summed E-state index contributed by atoms with van der Waals surface area (Å²) in [4.78, 5) is 13.3. The fourth-order valence-corrected chi connectivity index (χ4v) is 4.10. The van der Waals surface area contributed by atoms with Gasteiger partial charge in [-0.25, -0.2) is 4.39 Å². The molecule has 1 amide bonds. The van der Waals surface area contributed by atoms with Gasteiger partial charge in [-0.2, -0.15) is 0 Å². The molecule has 3 nitrogen and oxygen atoms in total. The summed E-state index contributed by atoms with van der Waals surface area (Å²) < 4.78 is 14.0. The minimum Gasteiger partial charge on any atom is -0.355 e. The van der Waals surface area contributed by atoms with E-state index in [-0.39, 0.29) is 24.1 Å². The van der Waals surface area contributed by atoms with Crippen molar-refractivity contribution in [2.75, 3.05) is 19.6 Å². The smallest absolute Gasteiger partial charge is 0.237 e. The number of thioether (sulfide) groups is 1. The fourth-order valence-electron chi connectivity index (χ4n) is 3.02. The van der Waals surface area contributed by atoms with Gasteiger partial charge < -0.3 is 10.6 Å². The van der Waals surface area contributed by atoms with Crippen LogP contribution < -0.4 is 10.6 Å². The molecule has 140 valence electrons. The number of benzene rings is 2. The van der Waals surface area contributed by atoms with Crippen LogP contribution >= 0.6 is 24.2 Å². The first-order valence-corrected chi connectivity index (χ1v) is 9.56. The lowest BCUT2D eigenvalue weighted by atomic mass is 10.1. The average molecular weight is 395 g/mol. The number of carbonyl (C=O) groups excluding carboxylic acids is 1. The summed E-state index contributed by atoms with van der Waals surface area (Å²) in [5, 5.41) is 5.92. The van der Waals surface area contributed by atoms with E-state index in [1.807, 2.05) is 30.3 Å². The summed E-state index contributed by atoms with van der Waals surface area (Å²) in [7, 11) is 0. The third kappa shape index (κ3) is 5.73. The maximum Gasteiger partial charge on any atom is 0.237 e. The van der Waals surface area contributed by atoms with Gasteiger partial charge in [-0.3, -0.25) is 4.79 Å². The number of rotatable bonds is 7. The van der Waals surface area contributed by atoms with Gasteiger partial charge in [-0.1, -0.05) is 42.5 Å². The molecule has 1 fully saturated rings. The predicted octanol–water partition coefficient (Wildman–Crippen LogP) is 4.20. The van der Waals surface area contributed by atoms with Gasteiger partial charge in [-0.05, 0) is 49.5 Å². The lowest BCUT2D eigenvalue weighted by Crippen LogP contribution is -2.30. The highest BCUT2D eigenvalue weighted by Crippen LogP contribution is 2.36. The quantitative estimate of drug-likeness (QED) is 0.691. The van der Waals surface area contributed by atoms with Gasteiger partial charge in [0.1, 0.15) is 11.1 Å². The standard InChI is InChI=1S/C20H23FN2OS.ClH/c21-17-8-4-5-9-18(17)25-19(16-6-2-1-3-7-16)20(24)23-13-11-15-10-12-22-14-15;/h1-9,15,19,22H,10-14H2,(H,23,24);1H. The van der Waals surface area contributed by atoms with E-state index >= 15 is 0 Å². The van der Waals surface area contributed by atoms with Crippen molar-refractivity contribution in [3.05, 3.63) is 66.0 Å². The molecule has 2 N–H and O–H groups in total. The molecule has 2 unspecified atom stereocenters. The van der Waals surface area contributed by atoms with E-state index in [0.717, 1.165) is 25.1 Å². The first-order chi connectivity index (χ1) is 12.2. The minimum atomic E-state index is -0.459. The molecular weight excluding hydrogens is 371 g/mol. The number of carbonyl (C=O) groups is 1. The van der Waals surface area contributed by atoms with E-state index in [2.05, 4.69) is 10.6 Å². The summed E-state index contributed by atoms with van der Waals surface area (Å²) in [6.07, 6.45) is 2.15. The van der Waals surface area contributed by atoms with Crippen LogP contribution in [-0.4, -0.2) is 25.5 Å². The molecule has 1 saturated heterocycles. The molecule has 0 saturated carbocycles. The van der Waals surface area contributed by atoms with Crippen molar-refractivity contribution in [1.29, 1.82) is 0 Å². The van der Waals surface area contributed by atoms with Crippen LogP contribution in [0.15, 0.2) is 59.5 Å². The van der Waals surface area contributed by atoms with Crippen molar-refractivity contribution in [3.8, 4) is 0 Å². The molecule has 3 rings (SSSR count). The lowest BCUT2D eigenvalue weighted by molar-refractivity contribution is -0.120. The van der Waals surface area contributed by atoms with Crippen LogP contribution in [0.1, 0.15) is 23.7 Å². The van der Waals surface area contributed by atoms with Crippen LogP contribution in [0.4, 0.5) is 4.39 Å². The minimum absolute atomic E-state index is 0. The van der Waals surface area contributed by atoms with E-state index in [0.29, 0.717) is 17.4 Å². The SMILES string of the molecule is Cl.O=C(NCCC1CCNC1)C(Sc1ccccc1F)c1ccccc1. The van der Waals surface area contributed by atoms with Crippen molar-refractivity contribution >= 4 is 30.1 Å². The van der Waals surface area contributed by atoms with Gasteiger partial charge in [-0.15, -0.1) is 24.2 Å². The zero-order valence-electron chi connectivity index (χ0n) is 14.5.